The largest absolute Gasteiger partial charge is 0.494 e. The number of guanidine groups is 1. The maximum atomic E-state index is 5.86. The SMILES string of the molecule is CCOCCNC(=NC)NCc1cc2c(cc1OCC)CC(C)O2. The van der Waals surface area contributed by atoms with Gasteiger partial charge in [0.25, 0.3) is 0 Å². The third kappa shape index (κ3) is 5.03. The van der Waals surface area contributed by atoms with E-state index in [9.17, 15) is 0 Å². The van der Waals surface area contributed by atoms with Gasteiger partial charge in [0.1, 0.15) is 17.6 Å². The lowest BCUT2D eigenvalue weighted by molar-refractivity contribution is 0.152. The highest BCUT2D eigenvalue weighted by Gasteiger charge is 2.21. The zero-order chi connectivity index (χ0) is 17.4. The van der Waals surface area contributed by atoms with E-state index in [0.29, 0.717) is 19.8 Å². The summed E-state index contributed by atoms with van der Waals surface area (Å²) in [4.78, 5) is 4.23. The predicted octanol–water partition coefficient (Wildman–Crippen LogP) is 2.11. The molecule has 6 nitrogen and oxygen atoms in total. The van der Waals surface area contributed by atoms with Gasteiger partial charge in [-0.05, 0) is 32.9 Å². The van der Waals surface area contributed by atoms with E-state index < -0.39 is 0 Å². The van der Waals surface area contributed by atoms with Crippen LogP contribution in [0.3, 0.4) is 0 Å². The summed E-state index contributed by atoms with van der Waals surface area (Å²) in [5.74, 6) is 2.61. The first-order valence-electron chi connectivity index (χ1n) is 8.65. The fourth-order valence-corrected chi connectivity index (χ4v) is 2.69. The highest BCUT2D eigenvalue weighted by atomic mass is 16.5. The summed E-state index contributed by atoms with van der Waals surface area (Å²) in [5, 5.41) is 6.54. The summed E-state index contributed by atoms with van der Waals surface area (Å²) in [6.45, 7) is 9.43. The molecule has 1 atom stereocenters. The second kappa shape index (κ2) is 9.37. The van der Waals surface area contributed by atoms with Crippen LogP contribution < -0.4 is 20.1 Å². The van der Waals surface area contributed by atoms with Crippen molar-refractivity contribution in [3.8, 4) is 11.5 Å². The number of nitrogens with one attached hydrogen (secondary N) is 2. The molecule has 0 amide bonds. The van der Waals surface area contributed by atoms with Crippen LogP contribution in [0.1, 0.15) is 31.9 Å². The molecule has 0 spiro atoms. The maximum absolute atomic E-state index is 5.86. The van der Waals surface area contributed by atoms with E-state index >= 15 is 0 Å². The van der Waals surface area contributed by atoms with Gasteiger partial charge in [0.05, 0.1) is 13.2 Å². The van der Waals surface area contributed by atoms with Gasteiger partial charge in [-0.25, -0.2) is 0 Å². The highest BCUT2D eigenvalue weighted by Crippen LogP contribution is 2.35. The molecule has 24 heavy (non-hydrogen) atoms. The van der Waals surface area contributed by atoms with Crippen molar-refractivity contribution in [1.82, 2.24) is 10.6 Å². The minimum atomic E-state index is 0.227. The molecule has 2 N–H and O–H groups in total. The lowest BCUT2D eigenvalue weighted by Gasteiger charge is -2.15. The van der Waals surface area contributed by atoms with Crippen molar-refractivity contribution in [2.75, 3.05) is 33.4 Å². The van der Waals surface area contributed by atoms with Gasteiger partial charge in [-0.2, -0.15) is 0 Å². The van der Waals surface area contributed by atoms with Gasteiger partial charge in [-0.1, -0.05) is 0 Å². The number of nitrogens with zero attached hydrogens (tertiary/aromatic N) is 1. The lowest BCUT2D eigenvalue weighted by atomic mass is 10.1. The Kier molecular flexibility index (Phi) is 7.18. The van der Waals surface area contributed by atoms with E-state index in [4.69, 9.17) is 14.2 Å². The van der Waals surface area contributed by atoms with Crippen molar-refractivity contribution >= 4 is 5.96 Å². The molecule has 1 heterocycles. The predicted molar refractivity (Wildman–Crippen MR) is 96.1 cm³/mol. The smallest absolute Gasteiger partial charge is 0.191 e. The molecule has 0 fully saturated rings. The zero-order valence-corrected chi connectivity index (χ0v) is 15.1. The molecule has 1 aliphatic heterocycles. The molecule has 0 aliphatic carbocycles. The normalized spacial score (nSPS) is 16.5. The van der Waals surface area contributed by atoms with Crippen LogP contribution in [0.5, 0.6) is 11.5 Å². The Balaban J connectivity index is 1.99. The van der Waals surface area contributed by atoms with Gasteiger partial charge in [-0.3, -0.25) is 4.99 Å². The van der Waals surface area contributed by atoms with Crippen LogP contribution in [-0.2, 0) is 17.7 Å². The van der Waals surface area contributed by atoms with E-state index in [0.717, 1.165) is 42.6 Å². The molecule has 0 bridgehead atoms. The number of hydrogen-bond acceptors (Lipinski definition) is 4. The average Bonchev–Trinajstić information content (AvgIpc) is 2.93. The average molecular weight is 335 g/mol. The second-order valence-electron chi connectivity index (χ2n) is 5.68. The summed E-state index contributed by atoms with van der Waals surface area (Å²) >= 11 is 0. The second-order valence-corrected chi connectivity index (χ2v) is 5.68. The summed E-state index contributed by atoms with van der Waals surface area (Å²) in [6, 6.07) is 4.18. The molecule has 0 aromatic heterocycles. The molecule has 0 saturated carbocycles. The van der Waals surface area contributed by atoms with Crippen molar-refractivity contribution in [3.05, 3.63) is 23.3 Å². The van der Waals surface area contributed by atoms with Gasteiger partial charge in [0, 0.05) is 44.3 Å². The molecule has 6 heteroatoms. The number of hydrogen-bond donors (Lipinski definition) is 2. The molecule has 134 valence electrons. The van der Waals surface area contributed by atoms with Crippen LogP contribution in [0.25, 0.3) is 0 Å². The Morgan fingerprint density at radius 1 is 1.29 bits per heavy atom. The van der Waals surface area contributed by atoms with Crippen LogP contribution in [0.2, 0.25) is 0 Å². The standard InChI is InChI=1S/C18H29N3O3/c1-5-22-8-7-20-18(19-4)21-12-15-11-17-14(9-13(3)24-17)10-16(15)23-6-2/h10-11,13H,5-9,12H2,1-4H3,(H2,19,20,21). The fraction of sp³-hybridized carbons (Fsp3) is 0.611. The topological polar surface area (TPSA) is 64.1 Å². The molecular formula is C18H29N3O3. The monoisotopic (exact) mass is 335 g/mol. The summed E-state index contributed by atoms with van der Waals surface area (Å²) < 4.78 is 17.0. The third-order valence-electron chi connectivity index (χ3n) is 3.79. The van der Waals surface area contributed by atoms with E-state index in [2.05, 4.69) is 34.7 Å². The Bertz CT molecular complexity index is 561. The summed E-state index contributed by atoms with van der Waals surface area (Å²) in [5.41, 5.74) is 2.28. The number of ether oxygens (including phenoxy) is 3. The summed E-state index contributed by atoms with van der Waals surface area (Å²) in [7, 11) is 1.76. The first-order chi connectivity index (χ1) is 11.7. The Labute approximate surface area is 144 Å². The van der Waals surface area contributed by atoms with Gasteiger partial charge in [0.2, 0.25) is 0 Å². The third-order valence-corrected chi connectivity index (χ3v) is 3.79. The van der Waals surface area contributed by atoms with Crippen LogP contribution in [-0.4, -0.2) is 45.5 Å². The fourth-order valence-electron chi connectivity index (χ4n) is 2.69. The molecule has 2 rings (SSSR count). The Hall–Kier alpha value is -1.95. The van der Waals surface area contributed by atoms with Gasteiger partial charge >= 0.3 is 0 Å². The summed E-state index contributed by atoms with van der Waals surface area (Å²) in [6.07, 6.45) is 1.16. The molecule has 1 aliphatic rings. The van der Waals surface area contributed by atoms with Gasteiger partial charge in [-0.15, -0.1) is 0 Å². The molecule has 0 saturated heterocycles. The number of aliphatic imine (C=N–C) groups is 1. The number of rotatable bonds is 8. The molecule has 1 aromatic rings. The molecule has 1 aromatic carbocycles. The van der Waals surface area contributed by atoms with Gasteiger partial charge < -0.3 is 24.8 Å². The van der Waals surface area contributed by atoms with E-state index in [1.54, 1.807) is 7.05 Å². The minimum Gasteiger partial charge on any atom is -0.494 e. The Morgan fingerprint density at radius 3 is 2.83 bits per heavy atom. The maximum Gasteiger partial charge on any atom is 0.191 e. The first-order valence-corrected chi connectivity index (χ1v) is 8.65. The van der Waals surface area contributed by atoms with Crippen LogP contribution in [0.15, 0.2) is 17.1 Å². The molecule has 1 unspecified atom stereocenters. The zero-order valence-electron chi connectivity index (χ0n) is 15.1. The van der Waals surface area contributed by atoms with Crippen molar-refractivity contribution < 1.29 is 14.2 Å². The minimum absolute atomic E-state index is 0.227. The number of fused-ring (bicyclic) bond motifs is 1. The van der Waals surface area contributed by atoms with Crippen LogP contribution >= 0.6 is 0 Å². The first kappa shape index (κ1) is 18.4. The quantitative estimate of drug-likeness (QED) is 0.433. The van der Waals surface area contributed by atoms with Crippen molar-refractivity contribution in [1.29, 1.82) is 0 Å². The van der Waals surface area contributed by atoms with Crippen LogP contribution in [0.4, 0.5) is 0 Å². The highest BCUT2D eigenvalue weighted by molar-refractivity contribution is 5.79. The van der Waals surface area contributed by atoms with E-state index in [1.165, 1.54) is 5.56 Å². The van der Waals surface area contributed by atoms with Crippen molar-refractivity contribution in [3.63, 3.8) is 0 Å². The van der Waals surface area contributed by atoms with Crippen molar-refractivity contribution in [2.45, 2.75) is 39.8 Å². The molecule has 0 radical (unpaired) electrons. The van der Waals surface area contributed by atoms with Crippen molar-refractivity contribution in [2.24, 2.45) is 4.99 Å². The number of benzene rings is 1. The van der Waals surface area contributed by atoms with Gasteiger partial charge in [0.15, 0.2) is 5.96 Å². The lowest BCUT2D eigenvalue weighted by Crippen LogP contribution is -2.38. The van der Waals surface area contributed by atoms with E-state index in [1.807, 2.05) is 13.8 Å². The molecular weight excluding hydrogens is 306 g/mol. The van der Waals surface area contributed by atoms with E-state index in [-0.39, 0.29) is 6.10 Å². The van der Waals surface area contributed by atoms with Crippen LogP contribution in [0, 0.1) is 0 Å². The Morgan fingerprint density at radius 2 is 2.12 bits per heavy atom.